The molecule has 0 amide bonds. The van der Waals surface area contributed by atoms with Crippen molar-refractivity contribution >= 4 is 17.1 Å². The largest absolute Gasteiger partial charge is 0.310 e. The summed E-state index contributed by atoms with van der Waals surface area (Å²) in [5.41, 5.74) is 15.6. The lowest BCUT2D eigenvalue weighted by molar-refractivity contribution is -0.00277. The van der Waals surface area contributed by atoms with Crippen molar-refractivity contribution in [2.45, 2.75) is 57.3 Å². The van der Waals surface area contributed by atoms with Gasteiger partial charge in [0.25, 0.3) is 0 Å². The Labute approximate surface area is 297 Å². The predicted octanol–water partition coefficient (Wildman–Crippen LogP) is 13.3. The first kappa shape index (κ1) is 30.0. The molecule has 0 heterocycles. The van der Waals surface area contributed by atoms with E-state index >= 15 is 0 Å². The van der Waals surface area contributed by atoms with Crippen molar-refractivity contribution in [3.63, 3.8) is 0 Å². The van der Waals surface area contributed by atoms with Gasteiger partial charge in [-0.3, -0.25) is 0 Å². The second-order valence-corrected chi connectivity index (χ2v) is 16.3. The molecule has 0 aromatic heterocycles. The fourth-order valence-corrected chi connectivity index (χ4v) is 10.9. The third-order valence-corrected chi connectivity index (χ3v) is 13.0. The second-order valence-electron chi connectivity index (χ2n) is 16.3. The van der Waals surface area contributed by atoms with Crippen molar-refractivity contribution in [1.29, 1.82) is 0 Å². The van der Waals surface area contributed by atoms with Crippen molar-refractivity contribution in [2.24, 2.45) is 23.7 Å². The standard InChI is InChI=1S/C49H45N/c1-49(2)46-11-7-6-10-44(46)45-25-24-43(31-47(45)49)50(41-20-16-36(17-21-41)34-8-4-3-5-9-34)42-22-18-37(19-23-42)35-12-14-38(15-13-35)48-39-27-32-26-33(29-39)30-40(48)28-32/h3-25,31-33,39-40,48H,26-30H2,1-2H3. The lowest BCUT2D eigenvalue weighted by Crippen LogP contribution is -2.43. The number of fused-ring (bicyclic) bond motifs is 3. The lowest BCUT2D eigenvalue weighted by atomic mass is 9.51. The van der Waals surface area contributed by atoms with Crippen molar-refractivity contribution in [3.8, 4) is 33.4 Å². The minimum absolute atomic E-state index is 0.0581. The summed E-state index contributed by atoms with van der Waals surface area (Å²) in [7, 11) is 0. The van der Waals surface area contributed by atoms with E-state index in [0.717, 1.165) is 35.3 Å². The maximum atomic E-state index is 2.46. The molecular formula is C49H45N. The van der Waals surface area contributed by atoms with Crippen LogP contribution in [-0.2, 0) is 5.41 Å². The lowest BCUT2D eigenvalue weighted by Gasteiger charge is -2.54. The highest BCUT2D eigenvalue weighted by Crippen LogP contribution is 2.60. The minimum atomic E-state index is -0.0581. The van der Waals surface area contributed by atoms with Crippen LogP contribution >= 0.6 is 0 Å². The van der Waals surface area contributed by atoms with Crippen LogP contribution in [0.3, 0.4) is 0 Å². The van der Waals surface area contributed by atoms with Gasteiger partial charge in [0.05, 0.1) is 0 Å². The molecular weight excluding hydrogens is 603 g/mol. The van der Waals surface area contributed by atoms with Gasteiger partial charge < -0.3 is 4.90 Å². The molecule has 11 rings (SSSR count). The fourth-order valence-electron chi connectivity index (χ4n) is 10.9. The Morgan fingerprint density at radius 3 is 1.52 bits per heavy atom. The summed E-state index contributed by atoms with van der Waals surface area (Å²) in [6.45, 7) is 4.73. The van der Waals surface area contributed by atoms with Gasteiger partial charge in [-0.2, -0.15) is 0 Å². The van der Waals surface area contributed by atoms with E-state index in [9.17, 15) is 0 Å². The molecule has 0 spiro atoms. The average Bonchev–Trinajstić information content (AvgIpc) is 3.38. The highest BCUT2D eigenvalue weighted by Gasteiger charge is 2.48. The first-order valence-electron chi connectivity index (χ1n) is 18.9. The molecule has 0 atom stereocenters. The zero-order valence-electron chi connectivity index (χ0n) is 29.2. The third-order valence-electron chi connectivity index (χ3n) is 13.0. The minimum Gasteiger partial charge on any atom is -0.310 e. The van der Waals surface area contributed by atoms with Crippen molar-refractivity contribution in [3.05, 3.63) is 162 Å². The Kier molecular flexibility index (Phi) is 6.95. The molecule has 6 aromatic rings. The van der Waals surface area contributed by atoms with Crippen molar-refractivity contribution in [2.75, 3.05) is 4.90 Å². The topological polar surface area (TPSA) is 3.24 Å². The normalized spacial score (nSPS) is 23.8. The van der Waals surface area contributed by atoms with Crippen molar-refractivity contribution in [1.82, 2.24) is 0 Å². The summed E-state index contributed by atoms with van der Waals surface area (Å²) < 4.78 is 0. The summed E-state index contributed by atoms with van der Waals surface area (Å²) in [4.78, 5) is 2.42. The summed E-state index contributed by atoms with van der Waals surface area (Å²) in [5.74, 6) is 4.66. The fraction of sp³-hybridized carbons (Fsp3) is 0.265. The molecule has 50 heavy (non-hydrogen) atoms. The molecule has 4 fully saturated rings. The summed E-state index contributed by atoms with van der Waals surface area (Å²) in [6, 6.07) is 54.6. The van der Waals surface area contributed by atoms with Gasteiger partial charge in [0, 0.05) is 22.5 Å². The molecule has 5 aliphatic rings. The Morgan fingerprint density at radius 2 is 0.920 bits per heavy atom. The highest BCUT2D eigenvalue weighted by atomic mass is 15.1. The summed E-state index contributed by atoms with van der Waals surface area (Å²) in [6.07, 6.45) is 7.41. The Bertz CT molecular complexity index is 2140. The molecule has 0 unspecified atom stereocenters. The van der Waals surface area contributed by atoms with E-state index in [-0.39, 0.29) is 5.41 Å². The second kappa shape index (κ2) is 11.6. The predicted molar refractivity (Wildman–Crippen MR) is 209 cm³/mol. The third kappa shape index (κ3) is 4.89. The molecule has 0 saturated heterocycles. The van der Waals surface area contributed by atoms with Crippen LogP contribution in [0.4, 0.5) is 17.1 Å². The zero-order chi connectivity index (χ0) is 33.4. The van der Waals surface area contributed by atoms with Gasteiger partial charge in [-0.15, -0.1) is 0 Å². The number of hydrogen-bond acceptors (Lipinski definition) is 1. The van der Waals surface area contributed by atoms with Crippen LogP contribution in [0.5, 0.6) is 0 Å². The van der Waals surface area contributed by atoms with Gasteiger partial charge in [-0.25, -0.2) is 0 Å². The smallest absolute Gasteiger partial charge is 0.0465 e. The van der Waals surface area contributed by atoms with Crippen LogP contribution in [0.1, 0.15) is 68.6 Å². The van der Waals surface area contributed by atoms with Gasteiger partial charge in [-0.1, -0.05) is 123 Å². The van der Waals surface area contributed by atoms with Gasteiger partial charge in [-0.05, 0) is 148 Å². The summed E-state index contributed by atoms with van der Waals surface area (Å²) >= 11 is 0. The van der Waals surface area contributed by atoms with E-state index in [2.05, 4.69) is 164 Å². The Hall–Kier alpha value is -4.88. The van der Waals surface area contributed by atoms with Crippen LogP contribution in [-0.4, -0.2) is 0 Å². The molecule has 4 bridgehead atoms. The van der Waals surface area contributed by atoms with E-state index in [1.54, 1.807) is 5.56 Å². The van der Waals surface area contributed by atoms with Crippen LogP contribution in [0, 0.1) is 23.7 Å². The maximum Gasteiger partial charge on any atom is 0.0465 e. The first-order chi connectivity index (χ1) is 24.5. The molecule has 6 aromatic carbocycles. The number of anilines is 3. The van der Waals surface area contributed by atoms with Gasteiger partial charge in [0.2, 0.25) is 0 Å². The van der Waals surface area contributed by atoms with E-state index in [1.807, 2.05) is 0 Å². The number of rotatable bonds is 6. The van der Waals surface area contributed by atoms with Crippen LogP contribution in [0.15, 0.2) is 146 Å². The maximum absolute atomic E-state index is 2.46. The Balaban J connectivity index is 0.990. The van der Waals surface area contributed by atoms with E-state index in [1.165, 1.54) is 88.0 Å². The summed E-state index contributed by atoms with van der Waals surface area (Å²) in [5, 5.41) is 0. The van der Waals surface area contributed by atoms with Crippen molar-refractivity contribution < 1.29 is 0 Å². The van der Waals surface area contributed by atoms with E-state index in [0.29, 0.717) is 0 Å². The quantitative estimate of drug-likeness (QED) is 0.174. The number of benzene rings is 6. The van der Waals surface area contributed by atoms with Crippen LogP contribution in [0.2, 0.25) is 0 Å². The Morgan fingerprint density at radius 1 is 0.440 bits per heavy atom. The van der Waals surface area contributed by atoms with Gasteiger partial charge in [0.15, 0.2) is 0 Å². The SMILES string of the molecule is CC1(C)c2ccccc2-c2ccc(N(c3ccc(-c4ccccc4)cc3)c3ccc(-c4ccc(C5C6CC7CC(C6)CC5C7)cc4)cc3)cc21. The van der Waals surface area contributed by atoms with Crippen LogP contribution in [0.25, 0.3) is 33.4 Å². The van der Waals surface area contributed by atoms with Gasteiger partial charge in [0.1, 0.15) is 0 Å². The van der Waals surface area contributed by atoms with Gasteiger partial charge >= 0.3 is 0 Å². The number of nitrogens with zero attached hydrogens (tertiary/aromatic N) is 1. The average molecular weight is 648 g/mol. The first-order valence-corrected chi connectivity index (χ1v) is 18.9. The molecule has 5 aliphatic carbocycles. The molecule has 4 saturated carbocycles. The molecule has 0 aliphatic heterocycles. The molecule has 1 nitrogen and oxygen atoms in total. The molecule has 1 heteroatoms. The molecule has 0 N–H and O–H groups in total. The molecule has 0 radical (unpaired) electrons. The highest BCUT2D eigenvalue weighted by molar-refractivity contribution is 5.86. The van der Waals surface area contributed by atoms with Crippen LogP contribution < -0.4 is 4.90 Å². The molecule has 246 valence electrons. The van der Waals surface area contributed by atoms with E-state index in [4.69, 9.17) is 0 Å². The number of hydrogen-bond donors (Lipinski definition) is 0. The zero-order valence-corrected chi connectivity index (χ0v) is 29.2. The van der Waals surface area contributed by atoms with E-state index < -0.39 is 0 Å². The monoisotopic (exact) mass is 647 g/mol.